The van der Waals surface area contributed by atoms with Gasteiger partial charge in [-0.3, -0.25) is 9.59 Å². The van der Waals surface area contributed by atoms with Crippen LogP contribution >= 0.6 is 0 Å². The molecule has 9 heavy (non-hydrogen) atoms. The van der Waals surface area contributed by atoms with Crippen molar-refractivity contribution in [1.82, 2.24) is 0 Å². The molecule has 3 N–H and O–H groups in total. The molecule has 0 aromatic carbocycles. The first-order chi connectivity index (χ1) is 4.54. The number of rotatable bonds is 2. The Balaban J connectivity index is 0. The van der Waals surface area contributed by atoms with Crippen LogP contribution in [0.5, 0.6) is 0 Å². The summed E-state index contributed by atoms with van der Waals surface area (Å²) in [6, 6.07) is 0. The van der Waals surface area contributed by atoms with Gasteiger partial charge in [-0.1, -0.05) is 0 Å². The number of hydrogen-bond acceptors (Lipinski definition) is 3. The maximum absolute atomic E-state index is 9.37. The third-order valence-corrected chi connectivity index (χ3v) is 0.247. The third kappa shape index (κ3) is 18.8. The van der Waals surface area contributed by atoms with Crippen LogP contribution in [0.4, 0.5) is 0 Å². The van der Waals surface area contributed by atoms with Crippen molar-refractivity contribution in [2.45, 2.75) is 0 Å². The van der Waals surface area contributed by atoms with E-state index in [4.69, 9.17) is 11.6 Å². The summed E-state index contributed by atoms with van der Waals surface area (Å²) in [6.07, 6.45) is 0.167. The van der Waals surface area contributed by atoms with Crippen LogP contribution in [0, 0.1) is 10.3 Å². The van der Waals surface area contributed by atoms with Crippen LogP contribution in [0.3, 0.4) is 0 Å². The number of hydrogen-bond donors (Lipinski definition) is 3. The predicted octanol–water partition coefficient (Wildman–Crippen LogP) is -0.345. The third-order valence-electron chi connectivity index (χ3n) is 0.247. The molecule has 0 atom stereocenters. The maximum atomic E-state index is 9.37. The number of carboxylic acid groups (broad SMARTS) is 2. The van der Waals surface area contributed by atoms with Crippen molar-refractivity contribution in [2.24, 2.45) is 0 Å². The molecule has 0 aliphatic rings. The van der Waals surface area contributed by atoms with Gasteiger partial charge in [-0.25, -0.2) is 0 Å². The second-order valence-electron chi connectivity index (χ2n) is 0.821. The molecule has 0 fully saturated rings. The standard InChI is InChI=1S/C3H3O4.HN.W/c4-2(5)1-3(6)7;;/h1H,(H,4,5)(H,6,7);1H;/q-1;;/i;1T;. The van der Waals surface area contributed by atoms with Crippen molar-refractivity contribution >= 4 is 11.9 Å². The molecule has 0 aromatic heterocycles. The number of carbonyl (C=O) groups is 2. The van der Waals surface area contributed by atoms with Crippen LogP contribution in [-0.4, -0.2) is 22.2 Å². The summed E-state index contributed by atoms with van der Waals surface area (Å²) in [4.78, 5) is 18.7. The monoisotopic (exact) mass is 304 g/mol. The molecule has 0 aromatic rings. The Hall–Kier alpha value is -0.702. The van der Waals surface area contributed by atoms with E-state index in [0.29, 0.717) is 0 Å². The second-order valence-corrected chi connectivity index (χ2v) is 0.821. The minimum absolute atomic E-state index is 0.167. The van der Waals surface area contributed by atoms with Gasteiger partial charge in [0.25, 0.3) is 0 Å². The van der Waals surface area contributed by atoms with E-state index < -0.39 is 11.9 Å². The summed E-state index contributed by atoms with van der Waals surface area (Å²) < 4.78 is 8.70. The molecule has 0 amide bonds. The van der Waals surface area contributed by atoms with Gasteiger partial charge in [-0.2, -0.15) is 6.42 Å². The average Bonchev–Trinajstić information content (AvgIpc) is 1.62. The summed E-state index contributed by atoms with van der Waals surface area (Å²) in [7, 11) is 0. The molecule has 0 saturated heterocycles. The van der Waals surface area contributed by atoms with Crippen LogP contribution in [0.2, 0.25) is 1.41 Å². The summed E-state index contributed by atoms with van der Waals surface area (Å²) in [6.45, 7) is 0. The summed E-state index contributed by atoms with van der Waals surface area (Å²) in [5.41, 5.74) is 0. The molecule has 0 heterocycles. The van der Waals surface area contributed by atoms with Crippen LogP contribution in [0.25, 0.3) is 0 Å². The van der Waals surface area contributed by atoms with Gasteiger partial charge in [0.15, 0.2) is 11.9 Å². The van der Waals surface area contributed by atoms with E-state index in [2.05, 4.69) is 3.91 Å². The zero-order chi connectivity index (χ0) is 8.57. The zero-order valence-electron chi connectivity index (χ0n) is 5.14. The van der Waals surface area contributed by atoms with Gasteiger partial charge in [0.05, 0.1) is 0 Å². The first-order valence-corrected chi connectivity index (χ1v) is 2.93. The molecule has 0 unspecified atom stereocenters. The topological polar surface area (TPSA) is 98.4 Å². The molecule has 0 aliphatic carbocycles. The Bertz CT molecular complexity index is 126. The fraction of sp³-hybridized carbons (Fsp3) is 0. The van der Waals surface area contributed by atoms with Crippen LogP contribution < -0.4 is 0 Å². The van der Waals surface area contributed by atoms with Gasteiger partial charge in [-0.05, 0) is 0 Å². The van der Waals surface area contributed by atoms with E-state index in [1.165, 1.54) is 0 Å². The number of carboxylic acids is 2. The first-order valence-electron chi connectivity index (χ1n) is 2.06. The Kier molecular flexibility index (Phi) is 6.73. The van der Waals surface area contributed by atoms with Gasteiger partial charge in [0, 0.05) is 0 Å². The Morgan fingerprint density at radius 2 is 1.78 bits per heavy atom. The Morgan fingerprint density at radius 3 is 1.78 bits per heavy atom. The minimum atomic E-state index is -1.44. The van der Waals surface area contributed by atoms with Crippen molar-refractivity contribution < 1.29 is 40.8 Å². The molecule has 0 radical (unpaired) electrons. The van der Waals surface area contributed by atoms with Crippen molar-refractivity contribution in [3.63, 3.8) is 0 Å². The molecule has 6 heteroatoms. The molecule has 0 bridgehead atoms. The van der Waals surface area contributed by atoms with Crippen molar-refractivity contribution in [1.29, 1.82) is 3.91 Å². The van der Waals surface area contributed by atoms with Crippen LogP contribution in [-0.2, 0) is 29.2 Å². The van der Waals surface area contributed by atoms with E-state index in [9.17, 15) is 9.59 Å². The van der Waals surface area contributed by atoms with Crippen molar-refractivity contribution in [2.75, 3.05) is 0 Å². The van der Waals surface area contributed by atoms with Gasteiger partial charge in [0.2, 0.25) is 0 Å². The van der Waals surface area contributed by atoms with Gasteiger partial charge < -0.3 is 10.2 Å². The van der Waals surface area contributed by atoms with Crippen LogP contribution in [0.15, 0.2) is 0 Å². The van der Waals surface area contributed by atoms with Crippen molar-refractivity contribution in [3.8, 4) is 0 Å². The molecule has 0 saturated carbocycles. The summed E-state index contributed by atoms with van der Waals surface area (Å²) in [5.74, 6) is -2.87. The predicted molar refractivity (Wildman–Crippen MR) is 22.3 cm³/mol. The number of nitrogens with one attached hydrogen (secondary N) is 1. The molecule has 52 valence electrons. The normalized spacial score (nSPS) is 7.33. The van der Waals surface area contributed by atoms with Crippen molar-refractivity contribution in [3.05, 3.63) is 6.42 Å². The van der Waals surface area contributed by atoms with Gasteiger partial charge in [-0.15, -0.1) is 0 Å². The van der Waals surface area contributed by atoms with Gasteiger partial charge in [0.1, 0.15) is 0 Å². The second kappa shape index (κ2) is 7.30. The van der Waals surface area contributed by atoms with Crippen LogP contribution in [0.1, 0.15) is 0 Å². The SMILES string of the molecule is O=C(O)[CH-]C(=O)O.[3H][N]=[W]. The summed E-state index contributed by atoms with van der Waals surface area (Å²) in [5, 5.41) is 15.3. The molecular formula is C3H4NO4W-. The first kappa shape index (κ1) is 8.30. The van der Waals surface area contributed by atoms with E-state index in [-0.39, 0.29) is 6.42 Å². The average molecular weight is 304 g/mol. The quantitative estimate of drug-likeness (QED) is 0.480. The van der Waals surface area contributed by atoms with E-state index in [1.54, 1.807) is 0 Å². The Labute approximate surface area is 63.7 Å². The number of aliphatic carboxylic acids is 2. The molecular weight excluding hydrogens is 298 g/mol. The van der Waals surface area contributed by atoms with E-state index >= 15 is 0 Å². The summed E-state index contributed by atoms with van der Waals surface area (Å²) >= 11 is 0.963. The fourth-order valence-corrected chi connectivity index (χ4v) is 0.106. The fourth-order valence-electron chi connectivity index (χ4n) is 0.106. The zero-order valence-corrected chi connectivity index (χ0v) is 7.08. The Morgan fingerprint density at radius 1 is 1.56 bits per heavy atom. The van der Waals surface area contributed by atoms with Gasteiger partial charge >= 0.3 is 24.9 Å². The molecule has 0 aliphatic heterocycles. The molecule has 0 spiro atoms. The van der Waals surface area contributed by atoms with E-state index in [0.717, 1.165) is 19.6 Å². The molecule has 0 rings (SSSR count). The van der Waals surface area contributed by atoms with E-state index in [1.807, 2.05) is 0 Å². The molecule has 5 nitrogen and oxygen atoms in total.